The number of benzene rings is 1. The number of β-amino-alcohol motifs (C(OH)–C–C–N with tert-alkyl or cyclic N) is 1. The van der Waals surface area contributed by atoms with Gasteiger partial charge in [0.1, 0.15) is 0 Å². The van der Waals surface area contributed by atoms with Crippen molar-refractivity contribution in [1.82, 2.24) is 20.4 Å². The first-order chi connectivity index (χ1) is 13.5. The molecule has 1 amide bonds. The average Bonchev–Trinajstić information content (AvgIpc) is 3.09. The second kappa shape index (κ2) is 13.7. The number of carbonyl (C=O) groups is 1. The zero-order valence-corrected chi connectivity index (χ0v) is 19.9. The van der Waals surface area contributed by atoms with Crippen LogP contribution in [0.2, 0.25) is 0 Å². The predicted octanol–water partition coefficient (Wildman–Crippen LogP) is 0.641. The number of amides is 1. The van der Waals surface area contributed by atoms with Crippen molar-refractivity contribution in [2.24, 2.45) is 4.99 Å². The fourth-order valence-electron chi connectivity index (χ4n) is 2.99. The molecule has 0 aromatic heterocycles. The van der Waals surface area contributed by atoms with Gasteiger partial charge in [-0.15, -0.1) is 24.0 Å². The van der Waals surface area contributed by atoms with Crippen molar-refractivity contribution in [1.29, 1.82) is 0 Å². The van der Waals surface area contributed by atoms with Crippen LogP contribution in [0, 0.1) is 0 Å². The van der Waals surface area contributed by atoms with Crippen LogP contribution in [0.5, 0.6) is 0 Å². The molecule has 9 heteroatoms. The number of likely N-dealkylation sites (tertiary alicyclic amines) is 1. The number of nitrogens with one attached hydrogen (secondary N) is 2. The van der Waals surface area contributed by atoms with Crippen LogP contribution in [0.4, 0.5) is 0 Å². The number of rotatable bonds is 9. The van der Waals surface area contributed by atoms with Crippen molar-refractivity contribution in [3.05, 3.63) is 35.4 Å². The van der Waals surface area contributed by atoms with Crippen LogP contribution in [-0.4, -0.2) is 86.9 Å². The smallest absolute Gasteiger partial charge is 0.241 e. The number of likely N-dealkylation sites (N-methyl/N-ethyl adjacent to an activating group) is 1. The second-order valence-corrected chi connectivity index (χ2v) is 7.17. The quantitative estimate of drug-likeness (QED) is 0.192. The maximum absolute atomic E-state index is 11.9. The lowest BCUT2D eigenvalue weighted by Gasteiger charge is -2.18. The largest absolute Gasteiger partial charge is 0.392 e. The molecular formula is C20H34IN5O3. The monoisotopic (exact) mass is 519 g/mol. The van der Waals surface area contributed by atoms with Gasteiger partial charge in [0.05, 0.1) is 25.8 Å². The van der Waals surface area contributed by atoms with E-state index in [0.29, 0.717) is 25.7 Å². The molecule has 1 unspecified atom stereocenters. The molecule has 1 aromatic carbocycles. The van der Waals surface area contributed by atoms with E-state index in [-0.39, 0.29) is 42.5 Å². The number of ether oxygens (including phenoxy) is 1. The summed E-state index contributed by atoms with van der Waals surface area (Å²) in [6, 6.07) is 8.22. The Morgan fingerprint density at radius 1 is 1.31 bits per heavy atom. The molecule has 2 rings (SSSR count). The fourth-order valence-corrected chi connectivity index (χ4v) is 2.99. The van der Waals surface area contributed by atoms with Crippen molar-refractivity contribution in [2.45, 2.75) is 25.6 Å². The SMILES string of the molecule is COCCNC(=NCc1ccccc1CN1CCC(O)C1)NCC(=O)N(C)C.I. The number of nitrogens with zero attached hydrogens (tertiary/aromatic N) is 3. The third-order valence-electron chi connectivity index (χ3n) is 4.67. The molecule has 164 valence electrons. The summed E-state index contributed by atoms with van der Waals surface area (Å²) in [6.45, 7) is 4.28. The Balaban J connectivity index is 0.00000420. The summed E-state index contributed by atoms with van der Waals surface area (Å²) in [6.07, 6.45) is 0.609. The lowest BCUT2D eigenvalue weighted by atomic mass is 10.1. The van der Waals surface area contributed by atoms with E-state index in [1.165, 1.54) is 5.56 Å². The molecule has 29 heavy (non-hydrogen) atoms. The van der Waals surface area contributed by atoms with Crippen LogP contribution in [0.1, 0.15) is 17.5 Å². The topological polar surface area (TPSA) is 89.4 Å². The number of aliphatic hydroxyl groups is 1. The van der Waals surface area contributed by atoms with Gasteiger partial charge in [-0.05, 0) is 17.5 Å². The van der Waals surface area contributed by atoms with Crippen molar-refractivity contribution in [3.63, 3.8) is 0 Å². The first-order valence-electron chi connectivity index (χ1n) is 9.68. The van der Waals surface area contributed by atoms with Gasteiger partial charge in [0.15, 0.2) is 5.96 Å². The average molecular weight is 519 g/mol. The second-order valence-electron chi connectivity index (χ2n) is 7.17. The highest BCUT2D eigenvalue weighted by Gasteiger charge is 2.20. The fraction of sp³-hybridized carbons (Fsp3) is 0.600. The van der Waals surface area contributed by atoms with Crippen LogP contribution < -0.4 is 10.6 Å². The van der Waals surface area contributed by atoms with Gasteiger partial charge in [-0.1, -0.05) is 24.3 Å². The van der Waals surface area contributed by atoms with E-state index < -0.39 is 0 Å². The van der Waals surface area contributed by atoms with Crippen LogP contribution in [0.3, 0.4) is 0 Å². The number of methoxy groups -OCH3 is 1. The highest BCUT2D eigenvalue weighted by atomic mass is 127. The zero-order chi connectivity index (χ0) is 20.4. The minimum atomic E-state index is -0.222. The number of aliphatic hydroxyl groups excluding tert-OH is 1. The molecule has 1 aliphatic heterocycles. The summed E-state index contributed by atoms with van der Waals surface area (Å²) in [4.78, 5) is 20.3. The molecule has 3 N–H and O–H groups in total. The van der Waals surface area contributed by atoms with E-state index in [2.05, 4.69) is 32.7 Å². The van der Waals surface area contributed by atoms with Gasteiger partial charge in [0.2, 0.25) is 5.91 Å². The number of hydrogen-bond donors (Lipinski definition) is 3. The van der Waals surface area contributed by atoms with Gasteiger partial charge in [-0.2, -0.15) is 0 Å². The summed E-state index contributed by atoms with van der Waals surface area (Å²) in [5, 5.41) is 16.0. The van der Waals surface area contributed by atoms with E-state index >= 15 is 0 Å². The van der Waals surface area contributed by atoms with Gasteiger partial charge >= 0.3 is 0 Å². The molecule has 0 spiro atoms. The van der Waals surface area contributed by atoms with E-state index in [1.54, 1.807) is 26.1 Å². The molecule has 1 aromatic rings. The van der Waals surface area contributed by atoms with Crippen LogP contribution in [-0.2, 0) is 22.6 Å². The molecule has 0 radical (unpaired) electrons. The van der Waals surface area contributed by atoms with E-state index in [4.69, 9.17) is 4.74 Å². The highest BCUT2D eigenvalue weighted by Crippen LogP contribution is 2.17. The van der Waals surface area contributed by atoms with E-state index in [1.807, 2.05) is 12.1 Å². The molecule has 1 aliphatic rings. The third-order valence-corrected chi connectivity index (χ3v) is 4.67. The maximum Gasteiger partial charge on any atom is 0.241 e. The van der Waals surface area contributed by atoms with E-state index in [9.17, 15) is 9.90 Å². The normalized spacial score (nSPS) is 17.0. The molecule has 8 nitrogen and oxygen atoms in total. The molecule has 0 bridgehead atoms. The number of carbonyl (C=O) groups excluding carboxylic acids is 1. The molecular weight excluding hydrogens is 485 g/mol. The standard InChI is InChI=1S/C20H33N5O3.HI/c1-24(2)19(27)13-23-20(21-9-11-28-3)22-12-16-6-4-5-7-17(16)14-25-10-8-18(26)15-25;/h4-7,18,26H,8-15H2,1-3H3,(H2,21,22,23);1H. The van der Waals surface area contributed by atoms with E-state index in [0.717, 1.165) is 31.6 Å². The predicted molar refractivity (Wildman–Crippen MR) is 125 cm³/mol. The van der Waals surface area contributed by atoms with Gasteiger partial charge in [0.25, 0.3) is 0 Å². The Labute approximate surface area is 190 Å². The van der Waals surface area contributed by atoms with Crippen molar-refractivity contribution in [2.75, 3.05) is 54.0 Å². The van der Waals surface area contributed by atoms with Gasteiger partial charge < -0.3 is 25.4 Å². The summed E-state index contributed by atoms with van der Waals surface area (Å²) in [5.74, 6) is 0.563. The maximum atomic E-state index is 11.9. The third kappa shape index (κ3) is 9.28. The van der Waals surface area contributed by atoms with Crippen molar-refractivity contribution in [3.8, 4) is 0 Å². The van der Waals surface area contributed by atoms with Crippen LogP contribution in [0.25, 0.3) is 0 Å². The first kappa shape index (κ1) is 25.6. The Morgan fingerprint density at radius 3 is 2.66 bits per heavy atom. The van der Waals surface area contributed by atoms with Crippen LogP contribution >= 0.6 is 24.0 Å². The Hall–Kier alpha value is -1.43. The Bertz CT molecular complexity index is 657. The molecule has 1 heterocycles. The number of aliphatic imine (C=N–C) groups is 1. The number of halogens is 1. The summed E-state index contributed by atoms with van der Waals surface area (Å²) in [7, 11) is 5.10. The minimum Gasteiger partial charge on any atom is -0.392 e. The van der Waals surface area contributed by atoms with Gasteiger partial charge in [-0.25, -0.2) is 4.99 Å². The molecule has 1 saturated heterocycles. The summed E-state index contributed by atoms with van der Waals surface area (Å²) < 4.78 is 5.07. The highest BCUT2D eigenvalue weighted by molar-refractivity contribution is 14.0. The Kier molecular flexibility index (Phi) is 12.1. The lowest BCUT2D eigenvalue weighted by molar-refractivity contribution is -0.127. The Morgan fingerprint density at radius 2 is 2.03 bits per heavy atom. The summed E-state index contributed by atoms with van der Waals surface area (Å²) >= 11 is 0. The molecule has 1 fully saturated rings. The lowest BCUT2D eigenvalue weighted by Crippen LogP contribution is -2.43. The van der Waals surface area contributed by atoms with Crippen LogP contribution in [0.15, 0.2) is 29.3 Å². The molecule has 1 atom stereocenters. The molecule has 0 aliphatic carbocycles. The number of guanidine groups is 1. The minimum absolute atomic E-state index is 0. The van der Waals surface area contributed by atoms with Gasteiger partial charge in [-0.3, -0.25) is 9.69 Å². The van der Waals surface area contributed by atoms with Crippen molar-refractivity contribution < 1.29 is 14.6 Å². The molecule has 0 saturated carbocycles. The first-order valence-corrected chi connectivity index (χ1v) is 9.68. The zero-order valence-electron chi connectivity index (χ0n) is 17.6. The van der Waals surface area contributed by atoms with Gasteiger partial charge in [0, 0.05) is 47.4 Å². The summed E-state index contributed by atoms with van der Waals surface area (Å²) in [5.41, 5.74) is 2.34. The van der Waals surface area contributed by atoms with Crippen molar-refractivity contribution >= 4 is 35.8 Å². The number of hydrogen-bond acceptors (Lipinski definition) is 5.